The number of ketones is 1. The minimum atomic E-state index is -0.172. The average Bonchev–Trinajstić information content (AvgIpc) is 2.72. The van der Waals surface area contributed by atoms with E-state index in [2.05, 4.69) is 63.2 Å². The molecular formula is C28H27NO2. The van der Waals surface area contributed by atoms with Gasteiger partial charge in [-0.3, -0.25) is 14.5 Å². The standard InChI is InChI=1S/C28H27NO2/c1-18-11-13-20(14-12-18)22-15-26(31)29(24-16-28(2,3)17-25(30)27(22)24)23-10-6-8-19-7-4-5-9-21(19)23/h4-14,22H,15-17H2,1-3H3. The molecule has 0 fully saturated rings. The Bertz CT molecular complexity index is 1230. The summed E-state index contributed by atoms with van der Waals surface area (Å²) in [6, 6.07) is 22.5. The number of Topliss-reactive ketones (excluding diaryl/α,β-unsaturated/α-hetero) is 1. The van der Waals surface area contributed by atoms with Crippen molar-refractivity contribution >= 4 is 28.2 Å². The molecule has 0 saturated carbocycles. The molecule has 156 valence electrons. The van der Waals surface area contributed by atoms with Crippen LogP contribution in [0.1, 0.15) is 50.2 Å². The number of hydrogen-bond acceptors (Lipinski definition) is 2. The number of anilines is 1. The summed E-state index contributed by atoms with van der Waals surface area (Å²) in [4.78, 5) is 28.9. The number of allylic oxidation sites excluding steroid dienone is 2. The van der Waals surface area contributed by atoms with Gasteiger partial charge in [-0.25, -0.2) is 0 Å². The molecule has 0 radical (unpaired) electrons. The van der Waals surface area contributed by atoms with E-state index in [1.165, 1.54) is 5.56 Å². The normalized spacial score (nSPS) is 20.9. The van der Waals surface area contributed by atoms with Crippen LogP contribution in [0.2, 0.25) is 0 Å². The molecular weight excluding hydrogens is 382 g/mol. The highest BCUT2D eigenvalue weighted by atomic mass is 16.2. The lowest BCUT2D eigenvalue weighted by Gasteiger charge is -2.43. The maximum atomic E-state index is 13.6. The zero-order valence-corrected chi connectivity index (χ0v) is 18.3. The summed E-state index contributed by atoms with van der Waals surface area (Å²) in [7, 11) is 0. The van der Waals surface area contributed by atoms with E-state index >= 15 is 0 Å². The molecule has 0 N–H and O–H groups in total. The molecule has 1 aliphatic carbocycles. The zero-order valence-electron chi connectivity index (χ0n) is 18.3. The van der Waals surface area contributed by atoms with Gasteiger partial charge >= 0.3 is 0 Å². The summed E-state index contributed by atoms with van der Waals surface area (Å²) < 4.78 is 0. The number of carbonyl (C=O) groups excluding carboxylic acids is 2. The largest absolute Gasteiger partial charge is 0.294 e. The van der Waals surface area contributed by atoms with Crippen molar-refractivity contribution in [1.82, 2.24) is 0 Å². The van der Waals surface area contributed by atoms with E-state index in [4.69, 9.17) is 0 Å². The first-order valence-electron chi connectivity index (χ1n) is 11.0. The minimum Gasteiger partial charge on any atom is -0.294 e. The first-order valence-corrected chi connectivity index (χ1v) is 11.0. The SMILES string of the molecule is Cc1ccc(C2CC(=O)N(c3cccc4ccccc34)C3=C2C(=O)CC(C)(C)C3)cc1. The monoisotopic (exact) mass is 409 g/mol. The van der Waals surface area contributed by atoms with Gasteiger partial charge in [0.1, 0.15) is 0 Å². The first kappa shape index (κ1) is 19.7. The van der Waals surface area contributed by atoms with Gasteiger partial charge in [-0.1, -0.05) is 80.1 Å². The molecule has 0 bridgehead atoms. The molecule has 1 unspecified atom stereocenters. The van der Waals surface area contributed by atoms with E-state index in [1.807, 2.05) is 29.2 Å². The molecule has 3 heteroatoms. The van der Waals surface area contributed by atoms with E-state index in [1.54, 1.807) is 0 Å². The average molecular weight is 410 g/mol. The van der Waals surface area contributed by atoms with Crippen molar-refractivity contribution in [2.24, 2.45) is 5.41 Å². The minimum absolute atomic E-state index is 0.0613. The Balaban J connectivity index is 1.73. The predicted octanol–water partition coefficient (Wildman–Crippen LogP) is 6.31. The van der Waals surface area contributed by atoms with Gasteiger partial charge in [0.25, 0.3) is 0 Å². The summed E-state index contributed by atoms with van der Waals surface area (Å²) in [5.74, 6) is 0.0682. The van der Waals surface area contributed by atoms with Crippen LogP contribution in [0.3, 0.4) is 0 Å². The Hall–Kier alpha value is -3.20. The third-order valence-corrected chi connectivity index (χ3v) is 6.63. The van der Waals surface area contributed by atoms with Crippen molar-refractivity contribution in [3.63, 3.8) is 0 Å². The van der Waals surface area contributed by atoms with Crippen LogP contribution in [0.4, 0.5) is 5.69 Å². The number of benzene rings is 3. The summed E-state index contributed by atoms with van der Waals surface area (Å²) in [6.07, 6.45) is 1.55. The van der Waals surface area contributed by atoms with Crippen LogP contribution >= 0.6 is 0 Å². The molecule has 31 heavy (non-hydrogen) atoms. The van der Waals surface area contributed by atoms with Crippen LogP contribution in [0.15, 0.2) is 78.0 Å². The Morgan fingerprint density at radius 2 is 1.58 bits per heavy atom. The molecule has 3 nitrogen and oxygen atoms in total. The Morgan fingerprint density at radius 1 is 0.871 bits per heavy atom. The highest BCUT2D eigenvalue weighted by molar-refractivity contribution is 6.11. The maximum absolute atomic E-state index is 13.6. The van der Waals surface area contributed by atoms with Gasteiger partial charge in [0, 0.05) is 35.4 Å². The topological polar surface area (TPSA) is 37.4 Å². The highest BCUT2D eigenvalue weighted by Gasteiger charge is 2.44. The summed E-state index contributed by atoms with van der Waals surface area (Å²) in [6.45, 7) is 6.29. The number of aryl methyl sites for hydroxylation is 1. The number of carbonyl (C=O) groups is 2. The second-order valence-electron chi connectivity index (χ2n) is 9.70. The first-order chi connectivity index (χ1) is 14.8. The molecule has 1 aliphatic heterocycles. The Kier molecular flexibility index (Phi) is 4.58. The van der Waals surface area contributed by atoms with Crippen LogP contribution < -0.4 is 4.90 Å². The third-order valence-electron chi connectivity index (χ3n) is 6.63. The second kappa shape index (κ2) is 7.19. The van der Waals surface area contributed by atoms with Gasteiger partial charge in [-0.15, -0.1) is 0 Å². The van der Waals surface area contributed by atoms with Crippen LogP contribution in [0.5, 0.6) is 0 Å². The molecule has 0 saturated heterocycles. The fraction of sp³-hybridized carbons (Fsp3) is 0.286. The quantitative estimate of drug-likeness (QED) is 0.497. The van der Waals surface area contributed by atoms with Crippen LogP contribution in [0, 0.1) is 12.3 Å². The van der Waals surface area contributed by atoms with Crippen molar-refractivity contribution in [3.8, 4) is 0 Å². The molecule has 2 aliphatic rings. The molecule has 1 heterocycles. The number of hydrogen-bond donors (Lipinski definition) is 0. The second-order valence-corrected chi connectivity index (χ2v) is 9.70. The van der Waals surface area contributed by atoms with Gasteiger partial charge in [0.05, 0.1) is 5.69 Å². The lowest BCUT2D eigenvalue weighted by atomic mass is 9.69. The van der Waals surface area contributed by atoms with Gasteiger partial charge in [0.2, 0.25) is 5.91 Å². The molecule has 3 aromatic carbocycles. The Morgan fingerprint density at radius 3 is 2.35 bits per heavy atom. The van der Waals surface area contributed by atoms with E-state index < -0.39 is 0 Å². The van der Waals surface area contributed by atoms with Crippen LogP contribution in [-0.2, 0) is 9.59 Å². The van der Waals surface area contributed by atoms with Gasteiger partial charge in [0.15, 0.2) is 5.78 Å². The van der Waals surface area contributed by atoms with Crippen molar-refractivity contribution in [2.75, 3.05) is 4.90 Å². The van der Waals surface area contributed by atoms with Gasteiger partial charge < -0.3 is 0 Å². The predicted molar refractivity (Wildman–Crippen MR) is 125 cm³/mol. The summed E-state index contributed by atoms with van der Waals surface area (Å²) in [5.41, 5.74) is 4.65. The highest BCUT2D eigenvalue weighted by Crippen LogP contribution is 2.49. The summed E-state index contributed by atoms with van der Waals surface area (Å²) in [5, 5.41) is 2.13. The van der Waals surface area contributed by atoms with Crippen LogP contribution in [-0.4, -0.2) is 11.7 Å². The number of nitrogens with zero attached hydrogens (tertiary/aromatic N) is 1. The van der Waals surface area contributed by atoms with E-state index in [0.717, 1.165) is 33.3 Å². The number of rotatable bonds is 2. The molecule has 3 aromatic rings. The lowest BCUT2D eigenvalue weighted by Crippen LogP contribution is -2.43. The van der Waals surface area contributed by atoms with Crippen molar-refractivity contribution < 1.29 is 9.59 Å². The number of amides is 1. The van der Waals surface area contributed by atoms with E-state index in [9.17, 15) is 9.59 Å². The fourth-order valence-corrected chi connectivity index (χ4v) is 5.18. The summed E-state index contributed by atoms with van der Waals surface area (Å²) >= 11 is 0. The maximum Gasteiger partial charge on any atom is 0.232 e. The molecule has 1 amide bonds. The molecule has 0 spiro atoms. The lowest BCUT2D eigenvalue weighted by molar-refractivity contribution is -0.120. The Labute approximate surface area is 183 Å². The van der Waals surface area contributed by atoms with Gasteiger partial charge in [-0.05, 0) is 35.8 Å². The molecule has 0 aromatic heterocycles. The zero-order chi connectivity index (χ0) is 21.8. The third kappa shape index (κ3) is 3.38. The van der Waals surface area contributed by atoms with Crippen molar-refractivity contribution in [2.45, 2.75) is 46.0 Å². The van der Waals surface area contributed by atoms with E-state index in [0.29, 0.717) is 19.3 Å². The number of fused-ring (bicyclic) bond motifs is 1. The molecule has 1 atom stereocenters. The molecule has 5 rings (SSSR count). The van der Waals surface area contributed by atoms with Crippen LogP contribution in [0.25, 0.3) is 10.8 Å². The van der Waals surface area contributed by atoms with Gasteiger partial charge in [-0.2, -0.15) is 0 Å². The van der Waals surface area contributed by atoms with E-state index in [-0.39, 0.29) is 23.0 Å². The smallest absolute Gasteiger partial charge is 0.232 e. The van der Waals surface area contributed by atoms with Crippen molar-refractivity contribution in [1.29, 1.82) is 0 Å². The fourth-order valence-electron chi connectivity index (χ4n) is 5.18. The van der Waals surface area contributed by atoms with Crippen molar-refractivity contribution in [3.05, 3.63) is 89.1 Å².